The first-order valence-corrected chi connectivity index (χ1v) is 10.6. The van der Waals surface area contributed by atoms with Crippen molar-refractivity contribution in [2.45, 2.75) is 20.8 Å². The average Bonchev–Trinajstić information content (AvgIpc) is 3.02. The van der Waals surface area contributed by atoms with E-state index in [9.17, 15) is 9.59 Å². The molecule has 0 bridgehead atoms. The van der Waals surface area contributed by atoms with Gasteiger partial charge in [-0.1, -0.05) is 41.9 Å². The van der Waals surface area contributed by atoms with Crippen molar-refractivity contribution in [2.24, 2.45) is 0 Å². The minimum atomic E-state index is -0.445. The molecule has 0 saturated heterocycles. The molecule has 3 aromatic rings. The number of carbonyl (C=O) groups excluding carboxylic acids is 2. The van der Waals surface area contributed by atoms with Crippen LogP contribution < -0.4 is 15.0 Å². The molecule has 2 amide bonds. The number of para-hydroxylation sites is 1. The monoisotopic (exact) mass is 446 g/mol. The zero-order valence-corrected chi connectivity index (χ0v) is 19.1. The van der Waals surface area contributed by atoms with E-state index in [0.29, 0.717) is 27.6 Å². The summed E-state index contributed by atoms with van der Waals surface area (Å²) in [6, 6.07) is 18.2. The number of aryl methyl sites for hydroxylation is 2. The van der Waals surface area contributed by atoms with Gasteiger partial charge in [-0.25, -0.2) is 4.90 Å². The molecule has 1 heterocycles. The van der Waals surface area contributed by atoms with Crippen LogP contribution in [0.2, 0.25) is 5.02 Å². The molecule has 1 aliphatic heterocycles. The number of imide groups is 1. The Morgan fingerprint density at radius 2 is 1.62 bits per heavy atom. The van der Waals surface area contributed by atoms with Gasteiger partial charge in [-0.05, 0) is 67.8 Å². The van der Waals surface area contributed by atoms with E-state index >= 15 is 0 Å². The van der Waals surface area contributed by atoms with Crippen LogP contribution in [0.5, 0.6) is 5.75 Å². The highest BCUT2D eigenvalue weighted by Gasteiger charge is 2.42. The topological polar surface area (TPSA) is 58.6 Å². The Labute approximate surface area is 192 Å². The lowest BCUT2D eigenvalue weighted by Crippen LogP contribution is -2.33. The number of anilines is 2. The van der Waals surface area contributed by atoms with Crippen LogP contribution in [0.25, 0.3) is 5.57 Å². The van der Waals surface area contributed by atoms with Crippen molar-refractivity contribution in [2.75, 3.05) is 17.3 Å². The smallest absolute Gasteiger partial charge is 0.282 e. The fraction of sp³-hybridized carbons (Fsp3) is 0.154. The van der Waals surface area contributed by atoms with Gasteiger partial charge < -0.3 is 10.1 Å². The highest BCUT2D eigenvalue weighted by molar-refractivity contribution is 6.47. The molecule has 162 valence electrons. The molecule has 0 unspecified atom stereocenters. The second kappa shape index (κ2) is 8.52. The van der Waals surface area contributed by atoms with Crippen molar-refractivity contribution >= 4 is 40.4 Å². The predicted octanol–water partition coefficient (Wildman–Crippen LogP) is 5.67. The lowest BCUT2D eigenvalue weighted by Gasteiger charge is -2.18. The molecule has 1 N–H and O–H groups in total. The van der Waals surface area contributed by atoms with Gasteiger partial charge in [-0.3, -0.25) is 9.59 Å². The van der Waals surface area contributed by atoms with Gasteiger partial charge in [0, 0.05) is 16.3 Å². The number of nitrogens with zero attached hydrogens (tertiary/aromatic N) is 1. The van der Waals surface area contributed by atoms with Crippen LogP contribution in [0.4, 0.5) is 11.4 Å². The molecule has 0 saturated carbocycles. The van der Waals surface area contributed by atoms with Gasteiger partial charge >= 0.3 is 0 Å². The summed E-state index contributed by atoms with van der Waals surface area (Å²) in [7, 11) is 1.54. The second-order valence-corrected chi connectivity index (χ2v) is 8.11. The minimum absolute atomic E-state index is 0.196. The molecule has 0 aromatic heterocycles. The van der Waals surface area contributed by atoms with E-state index in [0.717, 1.165) is 16.8 Å². The Kier molecular flexibility index (Phi) is 5.76. The summed E-state index contributed by atoms with van der Waals surface area (Å²) in [5, 5.41) is 3.69. The number of amides is 2. The molecule has 5 nitrogen and oxygen atoms in total. The third-order valence-corrected chi connectivity index (χ3v) is 6.13. The van der Waals surface area contributed by atoms with E-state index in [1.165, 1.54) is 12.0 Å². The SMILES string of the molecule is COc1ccccc1C1=C(Nc2ccc(C)c(C)c2)C(=O)N(c2cccc(Cl)c2C)C1=O. The molecule has 0 radical (unpaired) electrons. The molecule has 3 aromatic carbocycles. The molecule has 0 spiro atoms. The summed E-state index contributed by atoms with van der Waals surface area (Å²) >= 11 is 6.29. The van der Waals surface area contributed by atoms with E-state index in [1.807, 2.05) is 44.2 Å². The van der Waals surface area contributed by atoms with Crippen LogP contribution >= 0.6 is 11.6 Å². The fourth-order valence-electron chi connectivity index (χ4n) is 3.77. The number of hydrogen-bond acceptors (Lipinski definition) is 4. The van der Waals surface area contributed by atoms with Crippen LogP contribution in [-0.2, 0) is 9.59 Å². The highest BCUT2D eigenvalue weighted by Crippen LogP contribution is 2.39. The van der Waals surface area contributed by atoms with Gasteiger partial charge in [0.05, 0.1) is 18.4 Å². The Balaban J connectivity index is 1.89. The number of benzene rings is 3. The molecule has 4 rings (SSSR count). The van der Waals surface area contributed by atoms with E-state index in [4.69, 9.17) is 16.3 Å². The third-order valence-electron chi connectivity index (χ3n) is 5.72. The largest absolute Gasteiger partial charge is 0.496 e. The van der Waals surface area contributed by atoms with Crippen molar-refractivity contribution < 1.29 is 14.3 Å². The number of hydrogen-bond donors (Lipinski definition) is 1. The third kappa shape index (κ3) is 3.65. The average molecular weight is 447 g/mol. The van der Waals surface area contributed by atoms with Gasteiger partial charge in [0.1, 0.15) is 11.4 Å². The van der Waals surface area contributed by atoms with Crippen molar-refractivity contribution in [3.63, 3.8) is 0 Å². The maximum atomic E-state index is 13.7. The lowest BCUT2D eigenvalue weighted by molar-refractivity contribution is -0.120. The first kappa shape index (κ1) is 21.7. The summed E-state index contributed by atoms with van der Waals surface area (Å²) in [6.45, 7) is 5.81. The Hall–Kier alpha value is -3.57. The van der Waals surface area contributed by atoms with E-state index < -0.39 is 11.8 Å². The normalized spacial score (nSPS) is 13.7. The summed E-state index contributed by atoms with van der Waals surface area (Å²) < 4.78 is 5.49. The van der Waals surface area contributed by atoms with Gasteiger partial charge in [-0.15, -0.1) is 0 Å². The molecule has 0 atom stereocenters. The number of methoxy groups -OCH3 is 1. The van der Waals surface area contributed by atoms with Gasteiger partial charge in [0.15, 0.2) is 0 Å². The molecule has 1 aliphatic rings. The van der Waals surface area contributed by atoms with Crippen LogP contribution in [0.15, 0.2) is 66.4 Å². The summed E-state index contributed by atoms with van der Waals surface area (Å²) in [5.41, 5.74) is 5.04. The predicted molar refractivity (Wildman–Crippen MR) is 128 cm³/mol. The van der Waals surface area contributed by atoms with Crippen molar-refractivity contribution in [3.8, 4) is 5.75 Å². The molecular weight excluding hydrogens is 424 g/mol. The van der Waals surface area contributed by atoms with Gasteiger partial charge in [0.25, 0.3) is 11.8 Å². The summed E-state index contributed by atoms with van der Waals surface area (Å²) in [6.07, 6.45) is 0. The molecular formula is C26H23ClN2O3. The number of halogens is 1. The maximum Gasteiger partial charge on any atom is 0.282 e. The van der Waals surface area contributed by atoms with Crippen LogP contribution in [0.1, 0.15) is 22.3 Å². The zero-order valence-electron chi connectivity index (χ0n) is 18.3. The van der Waals surface area contributed by atoms with E-state index in [2.05, 4.69) is 5.32 Å². The number of nitrogens with one attached hydrogen (secondary N) is 1. The highest BCUT2D eigenvalue weighted by atomic mass is 35.5. The first-order chi connectivity index (χ1) is 15.3. The van der Waals surface area contributed by atoms with Crippen molar-refractivity contribution in [3.05, 3.63) is 93.6 Å². The van der Waals surface area contributed by atoms with Crippen LogP contribution in [0.3, 0.4) is 0 Å². The van der Waals surface area contributed by atoms with Crippen molar-refractivity contribution in [1.82, 2.24) is 0 Å². The van der Waals surface area contributed by atoms with Gasteiger partial charge in [0.2, 0.25) is 0 Å². The minimum Gasteiger partial charge on any atom is -0.496 e. The summed E-state index contributed by atoms with van der Waals surface area (Å²) in [4.78, 5) is 28.5. The Morgan fingerprint density at radius 3 is 2.34 bits per heavy atom. The molecule has 0 aliphatic carbocycles. The molecule has 6 heteroatoms. The first-order valence-electron chi connectivity index (χ1n) is 10.2. The van der Waals surface area contributed by atoms with Crippen molar-refractivity contribution in [1.29, 1.82) is 0 Å². The fourth-order valence-corrected chi connectivity index (χ4v) is 3.94. The van der Waals surface area contributed by atoms with Crippen LogP contribution in [-0.4, -0.2) is 18.9 Å². The number of ether oxygens (including phenoxy) is 1. The van der Waals surface area contributed by atoms with E-state index in [-0.39, 0.29) is 11.3 Å². The standard InChI is InChI=1S/C26H23ClN2O3/c1-15-12-13-18(14-16(15)2)28-24-23(19-8-5-6-11-22(19)32-4)25(30)29(26(24)31)21-10-7-9-20(27)17(21)3/h5-14,28H,1-4H3. The lowest BCUT2D eigenvalue weighted by atomic mass is 10.0. The van der Waals surface area contributed by atoms with Crippen LogP contribution in [0, 0.1) is 20.8 Å². The molecule has 32 heavy (non-hydrogen) atoms. The summed E-state index contributed by atoms with van der Waals surface area (Å²) in [5.74, 6) is -0.372. The Bertz CT molecular complexity index is 1280. The van der Waals surface area contributed by atoms with E-state index in [1.54, 1.807) is 37.3 Å². The number of carbonyl (C=O) groups is 2. The Morgan fingerprint density at radius 1 is 0.875 bits per heavy atom. The zero-order chi connectivity index (χ0) is 23.0. The number of rotatable bonds is 5. The maximum absolute atomic E-state index is 13.7. The second-order valence-electron chi connectivity index (χ2n) is 7.70. The molecule has 0 fully saturated rings. The quantitative estimate of drug-likeness (QED) is 0.513. The van der Waals surface area contributed by atoms with Gasteiger partial charge in [-0.2, -0.15) is 0 Å².